The third-order valence-electron chi connectivity index (χ3n) is 4.34. The van der Waals surface area contributed by atoms with Crippen molar-refractivity contribution in [3.63, 3.8) is 0 Å². The molecule has 2 heterocycles. The average molecular weight is 315 g/mol. The maximum atomic E-state index is 12.0. The topological polar surface area (TPSA) is 56.2 Å². The van der Waals surface area contributed by atoms with Crippen molar-refractivity contribution in [1.82, 2.24) is 14.9 Å². The molecule has 1 unspecified atom stereocenters. The highest BCUT2D eigenvalue weighted by atomic mass is 16.5. The number of rotatable bonds is 7. The van der Waals surface area contributed by atoms with Gasteiger partial charge in [-0.05, 0) is 31.4 Å². The monoisotopic (exact) mass is 315 g/mol. The van der Waals surface area contributed by atoms with Crippen LogP contribution in [-0.4, -0.2) is 34.7 Å². The summed E-state index contributed by atoms with van der Waals surface area (Å²) in [6.45, 7) is 4.48. The third-order valence-corrected chi connectivity index (χ3v) is 4.34. The van der Waals surface area contributed by atoms with E-state index in [4.69, 9.17) is 9.72 Å². The highest BCUT2D eigenvalue weighted by Gasteiger charge is 2.23. The maximum absolute atomic E-state index is 12.0. The Morgan fingerprint density at radius 1 is 1.43 bits per heavy atom. The number of hydrogen-bond donors (Lipinski definition) is 1. The minimum absolute atomic E-state index is 0.0127. The highest BCUT2D eigenvalue weighted by molar-refractivity contribution is 5.81. The normalized spacial score (nSPS) is 17.7. The smallest absolute Gasteiger partial charge is 0.249 e. The SMILES string of the molecule is CCCCn1c(CCNC(=O)C2CCCO2)nc2ccccc21. The largest absolute Gasteiger partial charge is 0.368 e. The third kappa shape index (κ3) is 3.72. The zero-order valence-electron chi connectivity index (χ0n) is 13.8. The molecular formula is C18H25N3O2. The van der Waals surface area contributed by atoms with Crippen LogP contribution in [0.25, 0.3) is 11.0 Å². The highest BCUT2D eigenvalue weighted by Crippen LogP contribution is 2.17. The molecule has 0 aliphatic carbocycles. The predicted octanol–water partition coefficient (Wildman–Crippen LogP) is 2.67. The molecule has 1 fully saturated rings. The molecule has 0 bridgehead atoms. The fourth-order valence-corrected chi connectivity index (χ4v) is 3.08. The number of carbonyl (C=O) groups excluding carboxylic acids is 1. The van der Waals surface area contributed by atoms with Crippen LogP contribution in [0.5, 0.6) is 0 Å². The summed E-state index contributed by atoms with van der Waals surface area (Å²) in [5.74, 6) is 1.06. The summed E-state index contributed by atoms with van der Waals surface area (Å²) in [6, 6.07) is 8.23. The first-order valence-corrected chi connectivity index (χ1v) is 8.63. The van der Waals surface area contributed by atoms with Gasteiger partial charge in [0.25, 0.3) is 0 Å². The van der Waals surface area contributed by atoms with Crippen LogP contribution in [0.15, 0.2) is 24.3 Å². The molecule has 1 saturated heterocycles. The van der Waals surface area contributed by atoms with Crippen molar-refractivity contribution in [2.24, 2.45) is 0 Å². The van der Waals surface area contributed by atoms with Gasteiger partial charge >= 0.3 is 0 Å². The minimum Gasteiger partial charge on any atom is -0.368 e. The van der Waals surface area contributed by atoms with Crippen LogP contribution >= 0.6 is 0 Å². The van der Waals surface area contributed by atoms with Gasteiger partial charge in [-0.3, -0.25) is 4.79 Å². The molecule has 1 aromatic carbocycles. The summed E-state index contributed by atoms with van der Waals surface area (Å²) >= 11 is 0. The van der Waals surface area contributed by atoms with E-state index in [1.807, 2.05) is 12.1 Å². The molecule has 0 spiro atoms. The van der Waals surface area contributed by atoms with E-state index in [2.05, 4.69) is 28.9 Å². The fourth-order valence-electron chi connectivity index (χ4n) is 3.08. The molecule has 1 N–H and O–H groups in total. The first-order valence-electron chi connectivity index (χ1n) is 8.63. The molecule has 23 heavy (non-hydrogen) atoms. The molecule has 0 radical (unpaired) electrons. The molecular weight excluding hydrogens is 290 g/mol. The lowest BCUT2D eigenvalue weighted by Crippen LogP contribution is -2.35. The Kier molecular flexibility index (Phi) is 5.28. The summed E-state index contributed by atoms with van der Waals surface area (Å²) in [5.41, 5.74) is 2.21. The predicted molar refractivity (Wildman–Crippen MR) is 90.3 cm³/mol. The van der Waals surface area contributed by atoms with Crippen LogP contribution in [0.2, 0.25) is 0 Å². The Labute approximate surface area is 137 Å². The number of hydrogen-bond acceptors (Lipinski definition) is 3. The van der Waals surface area contributed by atoms with Crippen LogP contribution in [0.1, 0.15) is 38.4 Å². The quantitative estimate of drug-likeness (QED) is 0.854. The Morgan fingerprint density at radius 3 is 3.09 bits per heavy atom. The summed E-state index contributed by atoms with van der Waals surface area (Å²) in [5, 5.41) is 2.98. The first-order chi connectivity index (χ1) is 11.3. The average Bonchev–Trinajstić information content (AvgIpc) is 3.21. The summed E-state index contributed by atoms with van der Waals surface area (Å²) < 4.78 is 7.70. The first kappa shape index (κ1) is 16.0. The minimum atomic E-state index is -0.256. The fraction of sp³-hybridized carbons (Fsp3) is 0.556. The van der Waals surface area contributed by atoms with Gasteiger partial charge in [0.2, 0.25) is 5.91 Å². The number of ether oxygens (including phenoxy) is 1. The van der Waals surface area contributed by atoms with E-state index in [9.17, 15) is 4.79 Å². The van der Waals surface area contributed by atoms with Gasteiger partial charge in [0.15, 0.2) is 0 Å². The van der Waals surface area contributed by atoms with E-state index in [0.29, 0.717) is 13.2 Å². The molecule has 0 saturated carbocycles. The number of aryl methyl sites for hydroxylation is 1. The number of nitrogens with one attached hydrogen (secondary N) is 1. The van der Waals surface area contributed by atoms with Crippen molar-refractivity contribution in [1.29, 1.82) is 0 Å². The Balaban J connectivity index is 1.65. The van der Waals surface area contributed by atoms with Gasteiger partial charge in [-0.2, -0.15) is 0 Å². The van der Waals surface area contributed by atoms with Crippen molar-refractivity contribution in [2.45, 2.75) is 51.7 Å². The summed E-state index contributed by atoms with van der Waals surface area (Å²) in [4.78, 5) is 16.7. The maximum Gasteiger partial charge on any atom is 0.249 e. The number of amides is 1. The van der Waals surface area contributed by atoms with Crippen LogP contribution < -0.4 is 5.32 Å². The Hall–Kier alpha value is -1.88. The molecule has 1 aliphatic heterocycles. The zero-order valence-corrected chi connectivity index (χ0v) is 13.8. The van der Waals surface area contributed by atoms with Gasteiger partial charge in [-0.1, -0.05) is 25.5 Å². The summed E-state index contributed by atoms with van der Waals surface area (Å²) in [6.07, 6.45) is 4.59. The van der Waals surface area contributed by atoms with Gasteiger partial charge in [-0.25, -0.2) is 4.98 Å². The van der Waals surface area contributed by atoms with Gasteiger partial charge in [0.1, 0.15) is 11.9 Å². The van der Waals surface area contributed by atoms with Crippen LogP contribution in [-0.2, 0) is 22.5 Å². The number of aromatic nitrogens is 2. The number of nitrogens with zero attached hydrogens (tertiary/aromatic N) is 2. The van der Waals surface area contributed by atoms with E-state index in [-0.39, 0.29) is 12.0 Å². The lowest BCUT2D eigenvalue weighted by Gasteiger charge is -2.11. The second-order valence-electron chi connectivity index (χ2n) is 6.06. The number of carbonyl (C=O) groups is 1. The molecule has 5 heteroatoms. The van der Waals surface area contributed by atoms with E-state index >= 15 is 0 Å². The van der Waals surface area contributed by atoms with Gasteiger partial charge in [0.05, 0.1) is 11.0 Å². The van der Waals surface area contributed by atoms with Crippen molar-refractivity contribution in [2.75, 3.05) is 13.2 Å². The molecule has 3 rings (SSSR count). The number of fused-ring (bicyclic) bond motifs is 1. The molecule has 5 nitrogen and oxygen atoms in total. The Morgan fingerprint density at radius 2 is 2.30 bits per heavy atom. The molecule has 124 valence electrons. The van der Waals surface area contributed by atoms with Gasteiger partial charge < -0.3 is 14.6 Å². The van der Waals surface area contributed by atoms with Crippen molar-refractivity contribution in [3.05, 3.63) is 30.1 Å². The second-order valence-corrected chi connectivity index (χ2v) is 6.06. The zero-order chi connectivity index (χ0) is 16.1. The van der Waals surface area contributed by atoms with E-state index in [1.165, 1.54) is 5.52 Å². The van der Waals surface area contributed by atoms with Crippen LogP contribution in [0.3, 0.4) is 0 Å². The van der Waals surface area contributed by atoms with Crippen LogP contribution in [0.4, 0.5) is 0 Å². The number of imidazole rings is 1. The number of benzene rings is 1. The number of unbranched alkanes of at least 4 members (excludes halogenated alkanes) is 1. The van der Waals surface area contributed by atoms with E-state index in [0.717, 1.165) is 50.0 Å². The standard InChI is InChI=1S/C18H25N3O2/c1-2-3-12-21-15-8-5-4-7-14(15)20-17(21)10-11-19-18(22)16-9-6-13-23-16/h4-5,7-8,16H,2-3,6,9-13H2,1H3,(H,19,22). The van der Waals surface area contributed by atoms with Crippen molar-refractivity contribution >= 4 is 16.9 Å². The lowest BCUT2D eigenvalue weighted by atomic mass is 10.2. The van der Waals surface area contributed by atoms with E-state index in [1.54, 1.807) is 0 Å². The van der Waals surface area contributed by atoms with Gasteiger partial charge in [-0.15, -0.1) is 0 Å². The molecule has 1 atom stereocenters. The molecule has 1 aromatic heterocycles. The molecule has 2 aromatic rings. The molecule has 1 aliphatic rings. The number of para-hydroxylation sites is 2. The summed E-state index contributed by atoms with van der Waals surface area (Å²) in [7, 11) is 0. The van der Waals surface area contributed by atoms with E-state index < -0.39 is 0 Å². The lowest BCUT2D eigenvalue weighted by molar-refractivity contribution is -0.130. The van der Waals surface area contributed by atoms with Gasteiger partial charge in [0, 0.05) is 26.1 Å². The van der Waals surface area contributed by atoms with Crippen LogP contribution in [0, 0.1) is 0 Å². The van der Waals surface area contributed by atoms with Crippen molar-refractivity contribution in [3.8, 4) is 0 Å². The molecule has 1 amide bonds. The van der Waals surface area contributed by atoms with Crippen molar-refractivity contribution < 1.29 is 9.53 Å². The second kappa shape index (κ2) is 7.59. The Bertz CT molecular complexity index is 659.